The van der Waals surface area contributed by atoms with Gasteiger partial charge in [-0.05, 0) is 61.7 Å². The number of sulfone groups is 1. The molecule has 0 aliphatic carbocycles. The molecule has 0 heterocycles. The first kappa shape index (κ1) is 25.6. The Morgan fingerprint density at radius 1 is 0.969 bits per heavy atom. The number of hydrogen-bond donors (Lipinski definition) is 0. The summed E-state index contributed by atoms with van der Waals surface area (Å²) in [7, 11) is -4.70. The average molecular weight is 470 g/mol. The lowest BCUT2D eigenvalue weighted by Gasteiger charge is -2.23. The molecule has 6 nitrogen and oxygen atoms in total. The summed E-state index contributed by atoms with van der Waals surface area (Å²) >= 11 is 0. The van der Waals surface area contributed by atoms with Gasteiger partial charge >= 0.3 is 5.76 Å². The summed E-state index contributed by atoms with van der Waals surface area (Å²) in [6.07, 6.45) is 1.57. The van der Waals surface area contributed by atoms with E-state index in [2.05, 4.69) is 0 Å². The topological polar surface area (TPSA) is 72.9 Å². The number of ether oxygens (including phenoxy) is 2. The fourth-order valence-corrected chi connectivity index (χ4v) is 3.79. The first-order valence-electron chi connectivity index (χ1n) is 10.5. The zero-order valence-corrected chi connectivity index (χ0v) is 19.3. The van der Waals surface area contributed by atoms with Crippen LogP contribution in [0.4, 0.5) is 8.78 Å². The lowest BCUT2D eigenvalue weighted by molar-refractivity contribution is 0.0743. The van der Waals surface area contributed by atoms with Gasteiger partial charge in [0.25, 0.3) is 5.91 Å². The molecule has 0 spiro atoms. The number of nitrogens with zero attached hydrogens (tertiary/aromatic N) is 1. The molecule has 0 atom stereocenters. The lowest BCUT2D eigenvalue weighted by atomic mass is 10.1. The zero-order valence-electron chi connectivity index (χ0n) is 18.5. The van der Waals surface area contributed by atoms with Gasteiger partial charge in [0, 0.05) is 18.7 Å². The molecule has 0 aliphatic rings. The summed E-state index contributed by atoms with van der Waals surface area (Å²) in [5, 5.41) is 0. The van der Waals surface area contributed by atoms with Crippen molar-refractivity contribution in [2.45, 2.75) is 50.8 Å². The van der Waals surface area contributed by atoms with Gasteiger partial charge < -0.3 is 14.4 Å². The van der Waals surface area contributed by atoms with Crippen molar-refractivity contribution in [2.75, 3.05) is 19.8 Å². The minimum absolute atomic E-state index is 0.222. The van der Waals surface area contributed by atoms with Crippen LogP contribution in [0.15, 0.2) is 47.4 Å². The quantitative estimate of drug-likeness (QED) is 0.441. The highest BCUT2D eigenvalue weighted by atomic mass is 32.2. The van der Waals surface area contributed by atoms with Gasteiger partial charge in [-0.2, -0.15) is 8.78 Å². The Morgan fingerprint density at radius 3 is 2.22 bits per heavy atom. The number of hydrogen-bond acceptors (Lipinski definition) is 5. The Bertz CT molecular complexity index is 994. The van der Waals surface area contributed by atoms with Crippen molar-refractivity contribution in [1.82, 2.24) is 4.90 Å². The Kier molecular flexibility index (Phi) is 9.43. The summed E-state index contributed by atoms with van der Waals surface area (Å²) in [5.41, 5.74) is 1.07. The smallest absolute Gasteiger partial charge is 0.341 e. The van der Waals surface area contributed by atoms with Gasteiger partial charge in [-0.1, -0.05) is 19.9 Å². The number of rotatable bonds is 12. The summed E-state index contributed by atoms with van der Waals surface area (Å²) in [6, 6.07) is 10.1. The molecule has 0 aromatic heterocycles. The van der Waals surface area contributed by atoms with E-state index in [1.54, 1.807) is 4.90 Å². The van der Waals surface area contributed by atoms with E-state index >= 15 is 0 Å². The number of halogens is 2. The molecule has 0 unspecified atom stereocenters. The van der Waals surface area contributed by atoms with Gasteiger partial charge in [-0.15, -0.1) is 0 Å². The fourth-order valence-electron chi connectivity index (χ4n) is 3.07. The van der Waals surface area contributed by atoms with Crippen molar-refractivity contribution in [3.05, 3.63) is 53.6 Å². The molecule has 9 heteroatoms. The van der Waals surface area contributed by atoms with Gasteiger partial charge in [0.05, 0.1) is 18.1 Å². The van der Waals surface area contributed by atoms with E-state index in [4.69, 9.17) is 9.47 Å². The van der Waals surface area contributed by atoms with Crippen LogP contribution in [0.1, 0.15) is 49.5 Å². The highest BCUT2D eigenvalue weighted by Crippen LogP contribution is 2.29. The second-order valence-corrected chi connectivity index (χ2v) is 9.04. The Labute approximate surface area is 188 Å². The molecule has 32 heavy (non-hydrogen) atoms. The zero-order chi connectivity index (χ0) is 23.7. The second kappa shape index (κ2) is 11.8. The van der Waals surface area contributed by atoms with Gasteiger partial charge in [0.2, 0.25) is 9.84 Å². The molecule has 0 aliphatic heterocycles. The molecule has 0 saturated carbocycles. The Morgan fingerprint density at radius 2 is 1.66 bits per heavy atom. The minimum Gasteiger partial charge on any atom is -0.490 e. The molecule has 0 saturated heterocycles. The van der Waals surface area contributed by atoms with Crippen LogP contribution in [0.3, 0.4) is 0 Å². The number of benzene rings is 2. The van der Waals surface area contributed by atoms with E-state index in [0.29, 0.717) is 44.2 Å². The Hall–Kier alpha value is -2.68. The van der Waals surface area contributed by atoms with Crippen LogP contribution in [0.5, 0.6) is 11.5 Å². The highest BCUT2D eigenvalue weighted by molar-refractivity contribution is 7.91. The highest BCUT2D eigenvalue weighted by Gasteiger charge is 2.27. The van der Waals surface area contributed by atoms with Gasteiger partial charge in [0.1, 0.15) is 0 Å². The normalized spacial score (nSPS) is 11.4. The summed E-state index contributed by atoms with van der Waals surface area (Å²) in [4.78, 5) is 14.1. The van der Waals surface area contributed by atoms with E-state index in [1.165, 1.54) is 12.1 Å². The molecule has 0 N–H and O–H groups in total. The molecule has 2 rings (SSSR count). The molecule has 0 bridgehead atoms. The number of carbonyl (C=O) groups is 1. The third kappa shape index (κ3) is 6.41. The van der Waals surface area contributed by atoms with E-state index in [1.807, 2.05) is 39.0 Å². The van der Waals surface area contributed by atoms with Crippen molar-refractivity contribution in [2.24, 2.45) is 0 Å². The maximum atomic E-state index is 13.0. The van der Waals surface area contributed by atoms with E-state index in [0.717, 1.165) is 24.1 Å². The molecule has 176 valence electrons. The van der Waals surface area contributed by atoms with Crippen LogP contribution < -0.4 is 9.47 Å². The lowest BCUT2D eigenvalue weighted by Crippen LogP contribution is -2.31. The largest absolute Gasteiger partial charge is 0.490 e. The molecule has 2 aromatic rings. The van der Waals surface area contributed by atoms with Crippen LogP contribution in [0.2, 0.25) is 0 Å². The molecular formula is C23H29F2NO5S. The van der Waals surface area contributed by atoms with Crippen LogP contribution in [0, 0.1) is 0 Å². The van der Waals surface area contributed by atoms with Crippen LogP contribution in [-0.2, 0) is 16.4 Å². The minimum atomic E-state index is -4.70. The van der Waals surface area contributed by atoms with Crippen molar-refractivity contribution >= 4 is 15.7 Å². The number of amides is 1. The van der Waals surface area contributed by atoms with Crippen LogP contribution in [-0.4, -0.2) is 44.7 Å². The molecule has 1 amide bonds. The van der Waals surface area contributed by atoms with Crippen molar-refractivity contribution < 1.29 is 31.5 Å². The van der Waals surface area contributed by atoms with E-state index in [-0.39, 0.29) is 11.5 Å². The average Bonchev–Trinajstić information content (AvgIpc) is 2.78. The molecule has 0 radical (unpaired) electrons. The fraction of sp³-hybridized carbons (Fsp3) is 0.435. The van der Waals surface area contributed by atoms with Gasteiger partial charge in [-0.25, -0.2) is 8.42 Å². The number of alkyl halides is 2. The SMILES string of the molecule is CCCOc1ccc(CN(CCC)C(=O)c2ccc(S(=O)(=O)C(F)F)cc2)cc1OCC. The van der Waals surface area contributed by atoms with Crippen molar-refractivity contribution in [1.29, 1.82) is 0 Å². The standard InChI is InChI=1S/C23H29F2NO5S/c1-4-13-26(16-17-7-12-20(31-14-5-2)21(15-17)30-6-3)22(27)18-8-10-19(11-9-18)32(28,29)23(24)25/h7-12,15,23H,4-6,13-14,16H2,1-3H3. The predicted octanol–water partition coefficient (Wildman–Crippen LogP) is 4.92. The predicted molar refractivity (Wildman–Crippen MR) is 118 cm³/mol. The maximum absolute atomic E-state index is 13.0. The second-order valence-electron chi connectivity index (χ2n) is 7.12. The van der Waals surface area contributed by atoms with Crippen molar-refractivity contribution in [3.63, 3.8) is 0 Å². The first-order valence-corrected chi connectivity index (χ1v) is 12.1. The van der Waals surface area contributed by atoms with Gasteiger partial charge in [-0.3, -0.25) is 4.79 Å². The molecule has 2 aromatic carbocycles. The van der Waals surface area contributed by atoms with E-state index < -0.39 is 20.5 Å². The van der Waals surface area contributed by atoms with Crippen LogP contribution >= 0.6 is 0 Å². The maximum Gasteiger partial charge on any atom is 0.341 e. The van der Waals surface area contributed by atoms with Crippen molar-refractivity contribution in [3.8, 4) is 11.5 Å². The number of carbonyl (C=O) groups excluding carboxylic acids is 1. The monoisotopic (exact) mass is 469 g/mol. The summed E-state index contributed by atoms with van der Waals surface area (Å²) in [5.74, 6) is -2.59. The first-order chi connectivity index (χ1) is 15.2. The Balaban J connectivity index is 2.24. The van der Waals surface area contributed by atoms with E-state index in [9.17, 15) is 22.0 Å². The molecular weight excluding hydrogens is 440 g/mol. The third-order valence-electron chi connectivity index (χ3n) is 4.59. The third-order valence-corrected chi connectivity index (χ3v) is 5.99. The molecule has 0 fully saturated rings. The summed E-state index contributed by atoms with van der Waals surface area (Å²) < 4.78 is 60.1. The summed E-state index contributed by atoms with van der Waals surface area (Å²) in [6.45, 7) is 7.63. The van der Waals surface area contributed by atoms with Crippen LogP contribution in [0.25, 0.3) is 0 Å². The van der Waals surface area contributed by atoms with Gasteiger partial charge in [0.15, 0.2) is 11.5 Å².